The van der Waals surface area contributed by atoms with Crippen LogP contribution in [0.3, 0.4) is 0 Å². The predicted molar refractivity (Wildman–Crippen MR) is 33.7 cm³/mol. The SMILES string of the molecule is CON1C2O[C@@H]2CC[N@]2OC12. The third kappa shape index (κ3) is 0.830. The molecule has 0 aliphatic carbocycles. The van der Waals surface area contributed by atoms with Gasteiger partial charge in [-0.05, 0) is 6.42 Å². The molecule has 0 aromatic rings. The summed E-state index contributed by atoms with van der Waals surface area (Å²) in [4.78, 5) is 10.3. The maximum Gasteiger partial charge on any atom is 0.234 e. The number of hydrogen-bond donors (Lipinski definition) is 0. The van der Waals surface area contributed by atoms with Gasteiger partial charge in [0.25, 0.3) is 0 Å². The molecule has 0 spiro atoms. The molecule has 5 heteroatoms. The fraction of sp³-hybridized carbons (Fsp3) is 1.00. The second-order valence-electron chi connectivity index (χ2n) is 2.97. The van der Waals surface area contributed by atoms with Crippen molar-refractivity contribution in [2.24, 2.45) is 0 Å². The molecule has 3 heterocycles. The Balaban J connectivity index is 1.78. The maximum absolute atomic E-state index is 5.35. The van der Waals surface area contributed by atoms with Crippen LogP contribution in [0.2, 0.25) is 0 Å². The highest BCUT2D eigenvalue weighted by Crippen LogP contribution is 2.40. The fourth-order valence-corrected chi connectivity index (χ4v) is 1.57. The third-order valence-electron chi connectivity index (χ3n) is 2.30. The molecule has 5 nitrogen and oxygen atoms in total. The van der Waals surface area contributed by atoms with Crippen LogP contribution in [-0.4, -0.2) is 42.5 Å². The Morgan fingerprint density at radius 1 is 1.55 bits per heavy atom. The lowest BCUT2D eigenvalue weighted by molar-refractivity contribution is -0.187. The molecule has 0 aromatic heterocycles. The number of hydrogen-bond acceptors (Lipinski definition) is 5. The molecule has 2 unspecified atom stereocenters. The number of nitrogens with zero attached hydrogens (tertiary/aromatic N) is 2. The molecule has 3 aliphatic rings. The van der Waals surface area contributed by atoms with Crippen LogP contribution < -0.4 is 0 Å². The van der Waals surface area contributed by atoms with Gasteiger partial charge < -0.3 is 4.74 Å². The first-order chi connectivity index (χ1) is 5.40. The van der Waals surface area contributed by atoms with Crippen molar-refractivity contribution in [2.45, 2.75) is 25.1 Å². The Morgan fingerprint density at radius 3 is 3.27 bits per heavy atom. The molecule has 0 amide bonds. The summed E-state index contributed by atoms with van der Waals surface area (Å²) in [6.07, 6.45) is 1.56. The van der Waals surface area contributed by atoms with Gasteiger partial charge in [-0.3, -0.25) is 9.68 Å². The molecule has 0 N–H and O–H groups in total. The summed E-state index contributed by atoms with van der Waals surface area (Å²) in [5.41, 5.74) is 0. The smallest absolute Gasteiger partial charge is 0.234 e. The van der Waals surface area contributed by atoms with Crippen LogP contribution in [0.15, 0.2) is 0 Å². The van der Waals surface area contributed by atoms with Crippen molar-refractivity contribution in [1.82, 2.24) is 10.1 Å². The highest BCUT2D eigenvalue weighted by molar-refractivity contribution is 4.88. The van der Waals surface area contributed by atoms with E-state index in [1.807, 2.05) is 5.06 Å². The maximum atomic E-state index is 5.35. The lowest BCUT2D eigenvalue weighted by atomic mass is 10.3. The van der Waals surface area contributed by atoms with Crippen molar-refractivity contribution in [3.05, 3.63) is 0 Å². The lowest BCUT2D eigenvalue weighted by Gasteiger charge is -2.11. The van der Waals surface area contributed by atoms with Crippen LogP contribution in [0.25, 0.3) is 0 Å². The van der Waals surface area contributed by atoms with E-state index in [1.165, 1.54) is 0 Å². The minimum absolute atomic E-state index is 0.0116. The lowest BCUT2D eigenvalue weighted by Crippen LogP contribution is -2.30. The van der Waals surface area contributed by atoms with Gasteiger partial charge in [0.05, 0.1) is 7.11 Å². The first-order valence-electron chi connectivity index (χ1n) is 3.81. The first kappa shape index (κ1) is 6.33. The molecule has 11 heavy (non-hydrogen) atoms. The van der Waals surface area contributed by atoms with E-state index in [0.717, 1.165) is 13.0 Å². The number of rotatable bonds is 1. The number of ether oxygens (including phenoxy) is 1. The van der Waals surface area contributed by atoms with Crippen molar-refractivity contribution in [3.63, 3.8) is 0 Å². The summed E-state index contributed by atoms with van der Waals surface area (Å²) in [6.45, 7) is 0.950. The minimum atomic E-state index is 0.0116. The zero-order valence-corrected chi connectivity index (χ0v) is 6.27. The molecule has 0 saturated carbocycles. The van der Waals surface area contributed by atoms with Crippen LogP contribution in [0.4, 0.5) is 0 Å². The molecule has 3 aliphatic heterocycles. The van der Waals surface area contributed by atoms with E-state index < -0.39 is 0 Å². The second kappa shape index (κ2) is 1.94. The molecule has 3 rings (SSSR count). The standard InChI is InChI=1S/C6H10N2O3/c1-9-8-5-4(10-5)2-3-7-6(8)11-7/h4-6H,2-3H2,1H3/t4-,5?,6?,7+/m1/s1. The topological polar surface area (TPSA) is 40.5 Å². The van der Waals surface area contributed by atoms with E-state index in [4.69, 9.17) is 14.4 Å². The van der Waals surface area contributed by atoms with Gasteiger partial charge >= 0.3 is 0 Å². The second-order valence-corrected chi connectivity index (χ2v) is 2.97. The van der Waals surface area contributed by atoms with E-state index >= 15 is 0 Å². The normalized spacial score (nSPS) is 54.3. The van der Waals surface area contributed by atoms with Crippen LogP contribution in [-0.2, 0) is 14.4 Å². The number of fused-ring (bicyclic) bond motifs is 2. The predicted octanol–water partition coefficient (Wildman–Crippen LogP) is -0.491. The average Bonchev–Trinajstić information content (AvgIpc) is 2.73. The van der Waals surface area contributed by atoms with Gasteiger partial charge in [0, 0.05) is 6.54 Å². The third-order valence-corrected chi connectivity index (χ3v) is 2.30. The number of epoxide rings is 1. The van der Waals surface area contributed by atoms with Gasteiger partial charge in [0.15, 0.2) is 6.23 Å². The van der Waals surface area contributed by atoms with Gasteiger partial charge in [-0.15, -0.1) is 10.1 Å². The Kier molecular flexibility index (Phi) is 1.11. The summed E-state index contributed by atoms with van der Waals surface area (Å²) in [5, 5.41) is 3.66. The van der Waals surface area contributed by atoms with Crippen molar-refractivity contribution >= 4 is 0 Å². The first-order valence-corrected chi connectivity index (χ1v) is 3.81. The monoisotopic (exact) mass is 158 g/mol. The van der Waals surface area contributed by atoms with E-state index in [-0.39, 0.29) is 12.6 Å². The Bertz CT molecular complexity index is 171. The quantitative estimate of drug-likeness (QED) is 0.481. The number of hydroxylamine groups is 4. The summed E-state index contributed by atoms with van der Waals surface area (Å²) in [6, 6.07) is 0. The van der Waals surface area contributed by atoms with Gasteiger partial charge in [0.1, 0.15) is 6.10 Å². The minimum Gasteiger partial charge on any atom is -0.351 e. The van der Waals surface area contributed by atoms with Crippen molar-refractivity contribution in [1.29, 1.82) is 0 Å². The summed E-state index contributed by atoms with van der Waals surface area (Å²) in [5.74, 6) is 0. The average molecular weight is 158 g/mol. The highest BCUT2D eigenvalue weighted by Gasteiger charge is 2.58. The molecule has 3 saturated heterocycles. The highest BCUT2D eigenvalue weighted by atomic mass is 16.9. The molecular formula is C6H10N2O3. The van der Waals surface area contributed by atoms with Gasteiger partial charge in [0.2, 0.25) is 6.35 Å². The van der Waals surface area contributed by atoms with Crippen LogP contribution in [0.5, 0.6) is 0 Å². The fourth-order valence-electron chi connectivity index (χ4n) is 1.57. The molecular weight excluding hydrogens is 148 g/mol. The molecule has 62 valence electrons. The Morgan fingerprint density at radius 2 is 2.45 bits per heavy atom. The van der Waals surface area contributed by atoms with Crippen molar-refractivity contribution in [2.75, 3.05) is 13.7 Å². The largest absolute Gasteiger partial charge is 0.351 e. The zero-order valence-electron chi connectivity index (χ0n) is 6.27. The van der Waals surface area contributed by atoms with E-state index in [9.17, 15) is 0 Å². The summed E-state index contributed by atoms with van der Waals surface area (Å²) >= 11 is 0. The van der Waals surface area contributed by atoms with Crippen molar-refractivity contribution < 1.29 is 14.4 Å². The van der Waals surface area contributed by atoms with Crippen LogP contribution in [0, 0.1) is 0 Å². The summed E-state index contributed by atoms with van der Waals surface area (Å²) < 4.78 is 5.35. The Hall–Kier alpha value is -0.200. The molecule has 3 fully saturated rings. The molecule has 0 bridgehead atoms. The van der Waals surface area contributed by atoms with Crippen LogP contribution >= 0.6 is 0 Å². The summed E-state index contributed by atoms with van der Waals surface area (Å²) in [7, 11) is 1.64. The zero-order chi connectivity index (χ0) is 7.42. The van der Waals surface area contributed by atoms with Crippen molar-refractivity contribution in [3.8, 4) is 0 Å². The molecule has 0 aromatic carbocycles. The van der Waals surface area contributed by atoms with Gasteiger partial charge in [-0.25, -0.2) is 0 Å². The van der Waals surface area contributed by atoms with E-state index in [0.29, 0.717) is 6.10 Å². The molecule has 0 radical (unpaired) electrons. The van der Waals surface area contributed by atoms with Gasteiger partial charge in [-0.2, -0.15) is 0 Å². The van der Waals surface area contributed by atoms with E-state index in [1.54, 1.807) is 12.2 Å². The van der Waals surface area contributed by atoms with Gasteiger partial charge in [-0.1, -0.05) is 0 Å². The van der Waals surface area contributed by atoms with E-state index in [2.05, 4.69) is 0 Å². The van der Waals surface area contributed by atoms with Crippen LogP contribution in [0.1, 0.15) is 6.42 Å². The Labute approximate surface area is 64.3 Å². The molecule has 4 atom stereocenters.